The third kappa shape index (κ3) is 4.58. The average molecular weight is 154 g/mol. The van der Waals surface area contributed by atoms with Crippen LogP contribution in [0.15, 0.2) is 0 Å². The molecule has 0 saturated carbocycles. The molecule has 0 aromatic carbocycles. The summed E-state index contributed by atoms with van der Waals surface area (Å²) < 4.78 is 0.174. The molecule has 4 heteroatoms. The zero-order valence-electron chi connectivity index (χ0n) is 4.13. The van der Waals surface area contributed by atoms with Gasteiger partial charge >= 0.3 is 0 Å². The van der Waals surface area contributed by atoms with Crippen molar-refractivity contribution in [3.8, 4) is 0 Å². The van der Waals surface area contributed by atoms with Gasteiger partial charge in [-0.3, -0.25) is 4.79 Å². The van der Waals surface area contributed by atoms with Crippen molar-refractivity contribution in [1.29, 1.82) is 0 Å². The van der Waals surface area contributed by atoms with Gasteiger partial charge in [0, 0.05) is 0 Å². The number of thioether (sulfide) groups is 1. The van der Waals surface area contributed by atoms with Gasteiger partial charge in [-0.25, -0.2) is 0 Å². The predicted molar refractivity (Wildman–Crippen MR) is 40.0 cm³/mol. The molecule has 0 N–H and O–H groups in total. The highest BCUT2D eigenvalue weighted by atomic mass is 33.1. The molecule has 0 spiro atoms. The Hall–Kier alpha value is 0.720. The maximum Gasteiger partial charge on any atom is 0.256 e. The molecule has 0 aromatic heterocycles. The molecule has 0 aliphatic rings. The van der Waals surface area contributed by atoms with E-state index in [-0.39, 0.29) is 4.45 Å². The van der Waals surface area contributed by atoms with E-state index >= 15 is 0 Å². The van der Waals surface area contributed by atoms with Crippen molar-refractivity contribution >= 4 is 37.8 Å². The van der Waals surface area contributed by atoms with E-state index in [4.69, 9.17) is 0 Å². The molecule has 42 valence electrons. The number of hydrogen-bond donors (Lipinski definition) is 0. The fraction of sp³-hybridized carbons (Fsp3) is 0.667. The molecule has 0 aliphatic carbocycles. The lowest BCUT2D eigenvalue weighted by Crippen LogP contribution is -1.69. The van der Waals surface area contributed by atoms with Gasteiger partial charge in [0.1, 0.15) is 0 Å². The minimum absolute atomic E-state index is 0.174. The van der Waals surface area contributed by atoms with Crippen molar-refractivity contribution in [2.24, 2.45) is 0 Å². The first-order valence-electron chi connectivity index (χ1n) is 1.60. The molecule has 0 fully saturated rings. The van der Waals surface area contributed by atoms with Crippen molar-refractivity contribution < 1.29 is 4.79 Å². The Balaban J connectivity index is 3.00. The third-order valence-corrected chi connectivity index (χ3v) is 2.97. The minimum Gasteiger partial charge on any atom is -0.274 e. The minimum atomic E-state index is 0.174. The van der Waals surface area contributed by atoms with Crippen LogP contribution in [-0.2, 0) is 0 Å². The SMILES string of the molecule is CSSC(=O)SC. The van der Waals surface area contributed by atoms with Gasteiger partial charge in [0.2, 0.25) is 0 Å². The molecule has 0 radical (unpaired) electrons. The molecular weight excluding hydrogens is 148 g/mol. The van der Waals surface area contributed by atoms with Gasteiger partial charge in [-0.05, 0) is 23.3 Å². The molecule has 1 nitrogen and oxygen atoms in total. The quantitative estimate of drug-likeness (QED) is 0.539. The lowest BCUT2D eigenvalue weighted by molar-refractivity contribution is 0.277. The van der Waals surface area contributed by atoms with E-state index in [1.807, 2.05) is 6.26 Å². The van der Waals surface area contributed by atoms with Crippen molar-refractivity contribution in [2.75, 3.05) is 12.5 Å². The second-order valence-corrected chi connectivity index (χ2v) is 4.11. The van der Waals surface area contributed by atoms with Crippen LogP contribution in [0.5, 0.6) is 0 Å². The molecule has 0 atom stereocenters. The highest BCUT2D eigenvalue weighted by Gasteiger charge is 1.94. The van der Waals surface area contributed by atoms with Crippen LogP contribution in [0.3, 0.4) is 0 Å². The molecular formula is C3H6OS3. The summed E-state index contributed by atoms with van der Waals surface area (Å²) >= 11 is 1.25. The largest absolute Gasteiger partial charge is 0.274 e. The van der Waals surface area contributed by atoms with E-state index in [1.165, 1.54) is 33.3 Å². The van der Waals surface area contributed by atoms with Crippen LogP contribution in [-0.4, -0.2) is 17.0 Å². The van der Waals surface area contributed by atoms with E-state index < -0.39 is 0 Å². The van der Waals surface area contributed by atoms with Crippen LogP contribution in [0.4, 0.5) is 4.79 Å². The molecule has 0 amide bonds. The van der Waals surface area contributed by atoms with E-state index in [0.717, 1.165) is 0 Å². The Morgan fingerprint density at radius 1 is 1.43 bits per heavy atom. The van der Waals surface area contributed by atoms with Gasteiger partial charge in [0.15, 0.2) is 0 Å². The summed E-state index contributed by atoms with van der Waals surface area (Å²) in [7, 11) is 2.75. The second kappa shape index (κ2) is 4.87. The summed E-state index contributed by atoms with van der Waals surface area (Å²) in [6.45, 7) is 0. The number of carbonyl (C=O) groups is 1. The Morgan fingerprint density at radius 3 is 2.14 bits per heavy atom. The van der Waals surface area contributed by atoms with Crippen LogP contribution in [0, 0.1) is 0 Å². The topological polar surface area (TPSA) is 17.1 Å². The predicted octanol–water partition coefficient (Wildman–Crippen LogP) is 2.48. The summed E-state index contributed by atoms with van der Waals surface area (Å²) in [4.78, 5) is 10.3. The summed E-state index contributed by atoms with van der Waals surface area (Å²) in [5.74, 6) is 0. The molecule has 0 heterocycles. The molecule has 7 heavy (non-hydrogen) atoms. The van der Waals surface area contributed by atoms with Crippen molar-refractivity contribution in [3.05, 3.63) is 0 Å². The van der Waals surface area contributed by atoms with Gasteiger partial charge in [0.05, 0.1) is 0 Å². The highest BCUT2D eigenvalue weighted by molar-refractivity contribution is 8.85. The van der Waals surface area contributed by atoms with Crippen LogP contribution in [0.2, 0.25) is 0 Å². The summed E-state index contributed by atoms with van der Waals surface area (Å²) in [6.07, 6.45) is 3.67. The molecule has 0 bridgehead atoms. The molecule has 0 aliphatic heterocycles. The van der Waals surface area contributed by atoms with Gasteiger partial charge in [-0.2, -0.15) is 0 Å². The summed E-state index contributed by atoms with van der Waals surface area (Å²) in [6, 6.07) is 0. The van der Waals surface area contributed by atoms with Crippen LogP contribution in [0.25, 0.3) is 0 Å². The van der Waals surface area contributed by atoms with Crippen molar-refractivity contribution in [1.82, 2.24) is 0 Å². The Bertz CT molecular complexity index is 63.2. The van der Waals surface area contributed by atoms with Crippen molar-refractivity contribution in [3.63, 3.8) is 0 Å². The maximum atomic E-state index is 10.3. The number of rotatable bonds is 1. The zero-order valence-corrected chi connectivity index (χ0v) is 6.58. The lowest BCUT2D eigenvalue weighted by Gasteiger charge is -1.85. The van der Waals surface area contributed by atoms with E-state index in [2.05, 4.69) is 0 Å². The van der Waals surface area contributed by atoms with E-state index in [1.54, 1.807) is 6.26 Å². The van der Waals surface area contributed by atoms with Gasteiger partial charge in [-0.15, -0.1) is 0 Å². The fourth-order valence-electron chi connectivity index (χ4n) is 0.102. The smallest absolute Gasteiger partial charge is 0.256 e. The third-order valence-electron chi connectivity index (χ3n) is 0.318. The van der Waals surface area contributed by atoms with Crippen molar-refractivity contribution in [2.45, 2.75) is 0 Å². The van der Waals surface area contributed by atoms with E-state index in [0.29, 0.717) is 0 Å². The van der Waals surface area contributed by atoms with Crippen LogP contribution >= 0.6 is 33.3 Å². The second-order valence-electron chi connectivity index (χ2n) is 0.704. The monoisotopic (exact) mass is 154 g/mol. The van der Waals surface area contributed by atoms with Gasteiger partial charge in [0.25, 0.3) is 4.45 Å². The zero-order chi connectivity index (χ0) is 5.70. The van der Waals surface area contributed by atoms with Gasteiger partial charge in [-0.1, -0.05) is 22.6 Å². The normalized spacial score (nSPS) is 8.86. The summed E-state index contributed by atoms with van der Waals surface area (Å²) in [5, 5.41) is 0. The summed E-state index contributed by atoms with van der Waals surface area (Å²) in [5.41, 5.74) is 0. The fourth-order valence-corrected chi connectivity index (χ4v) is 2.14. The lowest BCUT2D eigenvalue weighted by atomic mass is 11.8. The highest BCUT2D eigenvalue weighted by Crippen LogP contribution is 2.23. The average Bonchev–Trinajstić information content (AvgIpc) is 1.68. The molecule has 0 unspecified atom stereocenters. The molecule has 0 rings (SSSR count). The van der Waals surface area contributed by atoms with Crippen LogP contribution < -0.4 is 0 Å². The first-order chi connectivity index (χ1) is 3.31. The van der Waals surface area contributed by atoms with E-state index in [9.17, 15) is 4.79 Å². The molecule has 0 saturated heterocycles. The molecule has 0 aromatic rings. The Labute approximate surface area is 55.4 Å². The number of carbonyl (C=O) groups excluding carboxylic acids is 1. The standard InChI is InChI=1S/C3H6OS3/c1-5-3(4)7-6-2/h1-2H3. The first kappa shape index (κ1) is 7.72. The first-order valence-corrected chi connectivity index (χ1v) is 5.38. The number of hydrogen-bond acceptors (Lipinski definition) is 4. The Kier molecular flexibility index (Phi) is 5.37. The maximum absolute atomic E-state index is 10.3. The van der Waals surface area contributed by atoms with Gasteiger partial charge < -0.3 is 0 Å². The Morgan fingerprint density at radius 2 is 2.00 bits per heavy atom. The van der Waals surface area contributed by atoms with Crippen LogP contribution in [0.1, 0.15) is 0 Å².